The summed E-state index contributed by atoms with van der Waals surface area (Å²) in [6, 6.07) is 5.27. The first-order chi connectivity index (χ1) is 7.29. The Bertz CT molecular complexity index is 459. The van der Waals surface area contributed by atoms with Gasteiger partial charge in [0.2, 0.25) is 13.0 Å². The maximum Gasteiger partial charge on any atom is 1.00 e. The molecule has 0 aliphatic carbocycles. The summed E-state index contributed by atoms with van der Waals surface area (Å²) in [6.45, 7) is 0.228. The van der Waals surface area contributed by atoms with Crippen LogP contribution >= 0.6 is 0 Å². The minimum absolute atomic E-state index is 0. The van der Waals surface area contributed by atoms with Crippen molar-refractivity contribution in [1.29, 1.82) is 5.26 Å². The Labute approximate surface area is 120 Å². The normalized spacial score (nSPS) is 12.6. The molecule has 16 heavy (non-hydrogen) atoms. The van der Waals surface area contributed by atoms with Gasteiger partial charge in [0.15, 0.2) is 11.5 Å². The van der Waals surface area contributed by atoms with Crippen LogP contribution in [0.15, 0.2) is 23.2 Å². The zero-order valence-corrected chi connectivity index (χ0v) is 11.4. The smallest absolute Gasteiger partial charge is 0.742 e. The van der Waals surface area contributed by atoms with E-state index in [0.717, 1.165) is 0 Å². The molecule has 0 bridgehead atoms. The van der Waals surface area contributed by atoms with Crippen molar-refractivity contribution in [2.75, 3.05) is 12.1 Å². The fourth-order valence-corrected chi connectivity index (χ4v) is 1.33. The fourth-order valence-electron chi connectivity index (χ4n) is 1.17. The zero-order chi connectivity index (χ0) is 10.7. The molecule has 1 aliphatic rings. The summed E-state index contributed by atoms with van der Waals surface area (Å²) in [6.07, 6.45) is 1.61. The van der Waals surface area contributed by atoms with Crippen molar-refractivity contribution >= 4 is 23.5 Å². The van der Waals surface area contributed by atoms with E-state index in [2.05, 4.69) is 10.3 Å². The molecule has 1 N–H and O–H groups in total. The molecule has 0 spiro atoms. The SMILES string of the molecule is N#C/N=C(\[S-])Nc1ccc2c(c1)OCO2.[Na+]. The van der Waals surface area contributed by atoms with Gasteiger partial charge >= 0.3 is 29.6 Å². The molecule has 1 aliphatic heterocycles. The van der Waals surface area contributed by atoms with Gasteiger partial charge in [0.05, 0.1) is 0 Å². The van der Waals surface area contributed by atoms with Crippen molar-refractivity contribution in [3.05, 3.63) is 18.2 Å². The van der Waals surface area contributed by atoms with Crippen LogP contribution < -0.4 is 44.3 Å². The molecule has 1 aromatic carbocycles. The predicted octanol–water partition coefficient (Wildman–Crippen LogP) is -1.78. The number of amidine groups is 1. The average Bonchev–Trinajstić information content (AvgIpc) is 2.65. The summed E-state index contributed by atoms with van der Waals surface area (Å²) >= 11 is 4.79. The number of hydrogen-bond acceptors (Lipinski definition) is 5. The number of ether oxygens (including phenoxy) is 2. The van der Waals surface area contributed by atoms with Crippen molar-refractivity contribution in [3.8, 4) is 17.7 Å². The van der Waals surface area contributed by atoms with E-state index >= 15 is 0 Å². The van der Waals surface area contributed by atoms with Crippen LogP contribution in [0.2, 0.25) is 0 Å². The predicted molar refractivity (Wildman–Crippen MR) is 56.6 cm³/mol. The molecule has 7 heteroatoms. The van der Waals surface area contributed by atoms with Crippen LogP contribution in [0.1, 0.15) is 0 Å². The molecule has 1 heterocycles. The number of hydrogen-bond donors (Lipinski definition) is 1. The summed E-state index contributed by atoms with van der Waals surface area (Å²) in [5.41, 5.74) is 0.711. The second-order valence-corrected chi connectivity index (χ2v) is 3.10. The molecule has 5 nitrogen and oxygen atoms in total. The summed E-state index contributed by atoms with van der Waals surface area (Å²) in [5, 5.41) is 11.2. The van der Waals surface area contributed by atoms with E-state index in [9.17, 15) is 0 Å². The topological polar surface area (TPSA) is 66.6 Å². The van der Waals surface area contributed by atoms with E-state index < -0.39 is 0 Å². The number of nitrogens with one attached hydrogen (secondary N) is 1. The Balaban J connectivity index is 0.00000128. The van der Waals surface area contributed by atoms with Crippen molar-refractivity contribution in [3.63, 3.8) is 0 Å². The molecular weight excluding hydrogens is 237 g/mol. The minimum atomic E-state index is 0. The van der Waals surface area contributed by atoms with Crippen LogP contribution in [0.5, 0.6) is 11.5 Å². The Morgan fingerprint density at radius 1 is 1.44 bits per heavy atom. The maximum atomic E-state index is 8.28. The summed E-state index contributed by atoms with van der Waals surface area (Å²) in [7, 11) is 0. The van der Waals surface area contributed by atoms with Gasteiger partial charge in [-0.15, -0.1) is 0 Å². The number of fused-ring (bicyclic) bond motifs is 1. The molecule has 76 valence electrons. The van der Waals surface area contributed by atoms with Crippen LogP contribution in [0.3, 0.4) is 0 Å². The van der Waals surface area contributed by atoms with E-state index in [-0.39, 0.29) is 41.5 Å². The van der Waals surface area contributed by atoms with E-state index in [1.54, 1.807) is 24.4 Å². The quantitative estimate of drug-likeness (QED) is 0.207. The number of nitriles is 1. The van der Waals surface area contributed by atoms with E-state index in [0.29, 0.717) is 17.2 Å². The van der Waals surface area contributed by atoms with Crippen LogP contribution in [0.4, 0.5) is 5.69 Å². The second kappa shape index (κ2) is 5.92. The zero-order valence-electron chi connectivity index (χ0n) is 8.56. The first-order valence-electron chi connectivity index (χ1n) is 4.10. The third kappa shape index (κ3) is 3.00. The third-order valence-corrected chi connectivity index (χ3v) is 1.97. The van der Waals surface area contributed by atoms with Crippen LogP contribution in [0, 0.1) is 11.5 Å². The maximum absolute atomic E-state index is 8.28. The number of nitrogens with zero attached hydrogens (tertiary/aromatic N) is 2. The average molecular weight is 243 g/mol. The Hall–Kier alpha value is -1.000. The molecule has 0 atom stereocenters. The molecule has 0 unspecified atom stereocenters. The minimum Gasteiger partial charge on any atom is -0.742 e. The fraction of sp³-hybridized carbons (Fsp3) is 0.111. The molecule has 0 saturated heterocycles. The molecule has 0 amide bonds. The summed E-state index contributed by atoms with van der Waals surface area (Å²) < 4.78 is 10.3. The first kappa shape index (κ1) is 13.1. The largest absolute Gasteiger partial charge is 1.00 e. The van der Waals surface area contributed by atoms with Crippen molar-refractivity contribution in [2.24, 2.45) is 4.99 Å². The molecule has 0 aromatic heterocycles. The standard InChI is InChI=1S/C9H7N3O2S.Na/c10-4-11-9(15)12-6-1-2-7-8(3-6)14-5-13-7;/h1-3H,5H2,(H2,11,12,15);/q;+1/p-1. The van der Waals surface area contributed by atoms with E-state index in [1.807, 2.05) is 0 Å². The first-order valence-corrected chi connectivity index (χ1v) is 4.51. The summed E-state index contributed by atoms with van der Waals surface area (Å²) in [4.78, 5) is 3.37. The van der Waals surface area contributed by atoms with Gasteiger partial charge in [0, 0.05) is 11.8 Å². The Morgan fingerprint density at radius 2 is 2.19 bits per heavy atom. The van der Waals surface area contributed by atoms with E-state index in [1.165, 1.54) is 0 Å². The summed E-state index contributed by atoms with van der Waals surface area (Å²) in [5.74, 6) is 1.35. The van der Waals surface area contributed by atoms with Gasteiger partial charge in [-0.25, -0.2) is 0 Å². The van der Waals surface area contributed by atoms with Crippen molar-refractivity contribution in [2.45, 2.75) is 0 Å². The van der Waals surface area contributed by atoms with Gasteiger partial charge in [-0.3, -0.25) is 0 Å². The van der Waals surface area contributed by atoms with Crippen molar-refractivity contribution < 1.29 is 39.0 Å². The number of anilines is 1. The molecular formula is C9H6N3NaO2S. The van der Waals surface area contributed by atoms with Crippen molar-refractivity contribution in [1.82, 2.24) is 0 Å². The van der Waals surface area contributed by atoms with Crippen LogP contribution in [-0.4, -0.2) is 12.0 Å². The number of benzene rings is 1. The Morgan fingerprint density at radius 3 is 2.94 bits per heavy atom. The van der Waals surface area contributed by atoms with Gasteiger partial charge in [-0.05, 0) is 17.3 Å². The second-order valence-electron chi connectivity index (χ2n) is 2.71. The number of rotatable bonds is 1. The molecule has 0 saturated carbocycles. The molecule has 0 fully saturated rings. The van der Waals surface area contributed by atoms with Gasteiger partial charge in [-0.1, -0.05) is 0 Å². The number of aliphatic imine (C=N–C) groups is 1. The van der Waals surface area contributed by atoms with Gasteiger partial charge in [-0.2, -0.15) is 10.3 Å². The molecule has 2 rings (SSSR count). The van der Waals surface area contributed by atoms with Gasteiger partial charge in [0.1, 0.15) is 0 Å². The Kier molecular flexibility index (Phi) is 4.83. The van der Waals surface area contributed by atoms with Crippen LogP contribution in [0.25, 0.3) is 0 Å². The van der Waals surface area contributed by atoms with Gasteiger partial charge in [0.25, 0.3) is 0 Å². The third-order valence-electron chi connectivity index (χ3n) is 1.78. The molecule has 1 aromatic rings. The van der Waals surface area contributed by atoms with E-state index in [4.69, 9.17) is 27.4 Å². The molecule has 0 radical (unpaired) electrons. The monoisotopic (exact) mass is 243 g/mol. The van der Waals surface area contributed by atoms with Gasteiger partial charge < -0.3 is 27.4 Å². The van der Waals surface area contributed by atoms with Crippen LogP contribution in [-0.2, 0) is 12.6 Å².